The summed E-state index contributed by atoms with van der Waals surface area (Å²) in [6.07, 6.45) is 2.60. The molecule has 1 unspecified atom stereocenters. The Bertz CT molecular complexity index is 237. The predicted octanol–water partition coefficient (Wildman–Crippen LogP) is -0.142. The molecule has 0 aliphatic rings. The highest BCUT2D eigenvalue weighted by atomic mass is 16.5. The van der Waals surface area contributed by atoms with E-state index in [1.165, 1.54) is 6.08 Å². The molecule has 4 N–H and O–H groups in total. The van der Waals surface area contributed by atoms with Crippen LogP contribution in [0.25, 0.3) is 0 Å². The van der Waals surface area contributed by atoms with Crippen LogP contribution in [0.5, 0.6) is 0 Å². The van der Waals surface area contributed by atoms with Crippen LogP contribution in [-0.4, -0.2) is 58.0 Å². The molecule has 0 spiro atoms. The van der Waals surface area contributed by atoms with Crippen LogP contribution >= 0.6 is 0 Å². The van der Waals surface area contributed by atoms with Crippen molar-refractivity contribution in [2.24, 2.45) is 11.5 Å². The SMILES string of the molecule is C=CC(=O)C(N)CCOCCOCCOCCCN. The standard InChI is InChI=1S/C13H26N2O4/c1-2-13(16)12(15)4-7-18-9-11-19-10-8-17-6-3-5-14/h2,12H,1,3-11,14-15H2. The maximum atomic E-state index is 11.1. The van der Waals surface area contributed by atoms with Gasteiger partial charge in [-0.3, -0.25) is 4.79 Å². The monoisotopic (exact) mass is 274 g/mol. The van der Waals surface area contributed by atoms with E-state index in [0.717, 1.165) is 6.42 Å². The highest BCUT2D eigenvalue weighted by Gasteiger charge is 2.08. The fourth-order valence-electron chi connectivity index (χ4n) is 1.23. The molecular formula is C13H26N2O4. The number of ketones is 1. The molecular weight excluding hydrogens is 248 g/mol. The van der Waals surface area contributed by atoms with E-state index in [2.05, 4.69) is 6.58 Å². The zero-order valence-electron chi connectivity index (χ0n) is 11.5. The molecule has 0 aromatic rings. The van der Waals surface area contributed by atoms with Gasteiger partial charge < -0.3 is 25.7 Å². The van der Waals surface area contributed by atoms with Gasteiger partial charge in [-0.05, 0) is 25.5 Å². The van der Waals surface area contributed by atoms with E-state index in [1.807, 2.05) is 0 Å². The summed E-state index contributed by atoms with van der Waals surface area (Å²) in [6, 6.07) is -0.519. The zero-order valence-corrected chi connectivity index (χ0v) is 11.5. The van der Waals surface area contributed by atoms with Crippen LogP contribution in [0.3, 0.4) is 0 Å². The Labute approximate surface area is 115 Å². The average Bonchev–Trinajstić information content (AvgIpc) is 2.43. The van der Waals surface area contributed by atoms with Gasteiger partial charge in [-0.1, -0.05) is 6.58 Å². The van der Waals surface area contributed by atoms with Gasteiger partial charge in [-0.15, -0.1) is 0 Å². The molecule has 19 heavy (non-hydrogen) atoms. The van der Waals surface area contributed by atoms with Gasteiger partial charge in [-0.2, -0.15) is 0 Å². The topological polar surface area (TPSA) is 96.8 Å². The van der Waals surface area contributed by atoms with Gasteiger partial charge in [0.25, 0.3) is 0 Å². The third-order valence-electron chi connectivity index (χ3n) is 2.38. The third-order valence-corrected chi connectivity index (χ3v) is 2.38. The molecule has 6 nitrogen and oxygen atoms in total. The molecule has 1 atom stereocenters. The van der Waals surface area contributed by atoms with Crippen LogP contribution in [0, 0.1) is 0 Å². The fourth-order valence-corrected chi connectivity index (χ4v) is 1.23. The largest absolute Gasteiger partial charge is 0.379 e. The van der Waals surface area contributed by atoms with Gasteiger partial charge in [0, 0.05) is 13.2 Å². The fraction of sp³-hybridized carbons (Fsp3) is 0.769. The molecule has 0 saturated heterocycles. The second kappa shape index (κ2) is 13.6. The normalized spacial score (nSPS) is 12.3. The van der Waals surface area contributed by atoms with Crippen molar-refractivity contribution in [1.29, 1.82) is 0 Å². The minimum atomic E-state index is -0.519. The van der Waals surface area contributed by atoms with Crippen LogP contribution in [0.1, 0.15) is 12.8 Å². The lowest BCUT2D eigenvalue weighted by Crippen LogP contribution is -2.30. The Kier molecular flexibility index (Phi) is 13.1. The second-order valence-corrected chi connectivity index (χ2v) is 3.98. The zero-order chi connectivity index (χ0) is 14.3. The van der Waals surface area contributed by atoms with E-state index in [-0.39, 0.29) is 5.78 Å². The molecule has 0 fully saturated rings. The number of rotatable bonds is 14. The van der Waals surface area contributed by atoms with Gasteiger partial charge >= 0.3 is 0 Å². The van der Waals surface area contributed by atoms with Crippen molar-refractivity contribution in [2.45, 2.75) is 18.9 Å². The summed E-state index contributed by atoms with van der Waals surface area (Å²) in [6.45, 7) is 7.24. The lowest BCUT2D eigenvalue weighted by molar-refractivity contribution is -0.116. The second-order valence-electron chi connectivity index (χ2n) is 3.98. The van der Waals surface area contributed by atoms with E-state index in [4.69, 9.17) is 25.7 Å². The van der Waals surface area contributed by atoms with Gasteiger partial charge in [0.15, 0.2) is 5.78 Å². The number of ether oxygens (including phenoxy) is 3. The molecule has 0 bridgehead atoms. The molecule has 0 aromatic heterocycles. The number of carbonyl (C=O) groups excluding carboxylic acids is 1. The Morgan fingerprint density at radius 2 is 1.58 bits per heavy atom. The highest BCUT2D eigenvalue weighted by Crippen LogP contribution is 1.92. The van der Waals surface area contributed by atoms with Gasteiger partial charge in [0.2, 0.25) is 0 Å². The van der Waals surface area contributed by atoms with Gasteiger partial charge in [0.05, 0.1) is 32.5 Å². The van der Waals surface area contributed by atoms with Crippen LogP contribution < -0.4 is 11.5 Å². The van der Waals surface area contributed by atoms with Crippen LogP contribution in [0.2, 0.25) is 0 Å². The van der Waals surface area contributed by atoms with Crippen LogP contribution in [0.15, 0.2) is 12.7 Å². The Balaban J connectivity index is 3.14. The first-order valence-electron chi connectivity index (χ1n) is 6.57. The summed E-state index contributed by atoms with van der Waals surface area (Å²) in [7, 11) is 0. The molecule has 6 heteroatoms. The Morgan fingerprint density at radius 1 is 1.05 bits per heavy atom. The summed E-state index contributed by atoms with van der Waals surface area (Å²) >= 11 is 0. The number of hydrogen-bond acceptors (Lipinski definition) is 6. The lowest BCUT2D eigenvalue weighted by atomic mass is 10.1. The lowest BCUT2D eigenvalue weighted by Gasteiger charge is -2.09. The molecule has 0 radical (unpaired) electrons. The molecule has 0 heterocycles. The molecule has 0 amide bonds. The number of hydrogen-bond donors (Lipinski definition) is 2. The smallest absolute Gasteiger partial charge is 0.171 e. The molecule has 0 saturated carbocycles. The molecule has 0 aliphatic heterocycles. The van der Waals surface area contributed by atoms with Crippen molar-refractivity contribution in [1.82, 2.24) is 0 Å². The maximum absolute atomic E-state index is 11.1. The van der Waals surface area contributed by atoms with Crippen molar-refractivity contribution < 1.29 is 19.0 Å². The number of nitrogens with two attached hydrogens (primary N) is 2. The van der Waals surface area contributed by atoms with Crippen molar-refractivity contribution in [3.8, 4) is 0 Å². The van der Waals surface area contributed by atoms with Gasteiger partial charge in [0.1, 0.15) is 0 Å². The summed E-state index contributed by atoms with van der Waals surface area (Å²) in [5.41, 5.74) is 10.9. The average molecular weight is 274 g/mol. The van der Waals surface area contributed by atoms with Crippen LogP contribution in [-0.2, 0) is 19.0 Å². The van der Waals surface area contributed by atoms with E-state index in [1.54, 1.807) is 0 Å². The Hall–Kier alpha value is -0.790. The molecule has 0 aliphatic carbocycles. The third kappa shape index (κ3) is 12.0. The van der Waals surface area contributed by atoms with E-state index in [9.17, 15) is 4.79 Å². The van der Waals surface area contributed by atoms with Crippen molar-refractivity contribution in [3.63, 3.8) is 0 Å². The van der Waals surface area contributed by atoms with E-state index in [0.29, 0.717) is 52.6 Å². The summed E-state index contributed by atoms with van der Waals surface area (Å²) in [5.74, 6) is -0.158. The minimum Gasteiger partial charge on any atom is -0.379 e. The predicted molar refractivity (Wildman–Crippen MR) is 73.9 cm³/mol. The van der Waals surface area contributed by atoms with Crippen molar-refractivity contribution in [2.75, 3.05) is 46.2 Å². The first-order chi connectivity index (χ1) is 9.22. The first kappa shape index (κ1) is 18.2. The van der Waals surface area contributed by atoms with Crippen LogP contribution in [0.4, 0.5) is 0 Å². The van der Waals surface area contributed by atoms with Gasteiger partial charge in [-0.25, -0.2) is 0 Å². The summed E-state index contributed by atoms with van der Waals surface area (Å²) in [5, 5.41) is 0. The summed E-state index contributed by atoms with van der Waals surface area (Å²) in [4.78, 5) is 11.1. The van der Waals surface area contributed by atoms with Crippen molar-refractivity contribution in [3.05, 3.63) is 12.7 Å². The van der Waals surface area contributed by atoms with Crippen molar-refractivity contribution >= 4 is 5.78 Å². The minimum absolute atomic E-state index is 0.158. The quantitative estimate of drug-likeness (QED) is 0.338. The molecule has 0 rings (SSSR count). The molecule has 112 valence electrons. The number of carbonyl (C=O) groups is 1. The summed E-state index contributed by atoms with van der Waals surface area (Å²) < 4.78 is 15.9. The van der Waals surface area contributed by atoms with E-state index < -0.39 is 6.04 Å². The highest BCUT2D eigenvalue weighted by molar-refractivity contribution is 5.93. The molecule has 0 aromatic carbocycles. The maximum Gasteiger partial charge on any atom is 0.171 e. The Morgan fingerprint density at radius 3 is 2.11 bits per heavy atom. The van der Waals surface area contributed by atoms with E-state index >= 15 is 0 Å². The first-order valence-corrected chi connectivity index (χ1v) is 6.57.